The number of hydrogen-bond acceptors (Lipinski definition) is 5. The Morgan fingerprint density at radius 3 is 2.74 bits per heavy atom. The van der Waals surface area contributed by atoms with Crippen LogP contribution in [-0.4, -0.2) is 40.9 Å². The molecule has 3 rings (SSSR count). The lowest BCUT2D eigenvalue weighted by Crippen LogP contribution is -2.45. The van der Waals surface area contributed by atoms with Crippen molar-refractivity contribution in [2.75, 3.05) is 25.1 Å². The highest BCUT2D eigenvalue weighted by atomic mass is 16.5. The zero-order chi connectivity index (χ0) is 13.5. The van der Waals surface area contributed by atoms with Gasteiger partial charge >= 0.3 is 0 Å². The number of aryl methyl sites for hydroxylation is 1. The highest BCUT2D eigenvalue weighted by Crippen LogP contribution is 2.36. The zero-order valence-corrected chi connectivity index (χ0v) is 11.5. The SMILES string of the molecule is Cc1nc(NCC2(C)COC2)cc(C2CC(O)C2)n1. The zero-order valence-electron chi connectivity index (χ0n) is 11.5. The lowest BCUT2D eigenvalue weighted by Gasteiger charge is -2.38. The van der Waals surface area contributed by atoms with Gasteiger partial charge in [0, 0.05) is 29.6 Å². The van der Waals surface area contributed by atoms with Crippen molar-refractivity contribution >= 4 is 5.82 Å². The van der Waals surface area contributed by atoms with Crippen LogP contribution in [0.1, 0.15) is 37.2 Å². The first-order chi connectivity index (χ1) is 9.04. The second-order valence-electron chi connectivity index (χ2n) is 6.20. The second kappa shape index (κ2) is 4.72. The predicted octanol–water partition coefficient (Wildman–Crippen LogP) is 1.47. The summed E-state index contributed by atoms with van der Waals surface area (Å²) in [6.07, 6.45) is 1.49. The summed E-state index contributed by atoms with van der Waals surface area (Å²) in [6, 6.07) is 2.02. The minimum atomic E-state index is -0.150. The van der Waals surface area contributed by atoms with Crippen LogP contribution in [0.15, 0.2) is 6.07 Å². The van der Waals surface area contributed by atoms with E-state index < -0.39 is 0 Å². The molecule has 0 spiro atoms. The number of aromatic nitrogens is 2. The molecule has 0 atom stereocenters. The molecule has 19 heavy (non-hydrogen) atoms. The smallest absolute Gasteiger partial charge is 0.129 e. The third-order valence-electron chi connectivity index (χ3n) is 3.99. The Hall–Kier alpha value is -1.20. The molecule has 104 valence electrons. The molecule has 1 aromatic rings. The van der Waals surface area contributed by atoms with Crippen molar-refractivity contribution in [1.29, 1.82) is 0 Å². The van der Waals surface area contributed by atoms with E-state index in [1.807, 2.05) is 13.0 Å². The molecule has 2 heterocycles. The second-order valence-corrected chi connectivity index (χ2v) is 6.20. The number of hydrogen-bond donors (Lipinski definition) is 2. The number of ether oxygens (including phenoxy) is 1. The number of nitrogens with one attached hydrogen (secondary N) is 1. The van der Waals surface area contributed by atoms with Crippen LogP contribution >= 0.6 is 0 Å². The number of anilines is 1. The normalized spacial score (nSPS) is 28.4. The molecule has 0 bridgehead atoms. The number of aliphatic hydroxyl groups excluding tert-OH is 1. The summed E-state index contributed by atoms with van der Waals surface area (Å²) in [5, 5.41) is 12.8. The van der Waals surface area contributed by atoms with E-state index in [1.165, 1.54) is 0 Å². The fourth-order valence-corrected chi connectivity index (χ4v) is 2.58. The summed E-state index contributed by atoms with van der Waals surface area (Å²) in [5.41, 5.74) is 1.28. The van der Waals surface area contributed by atoms with E-state index in [1.54, 1.807) is 0 Å². The third-order valence-corrected chi connectivity index (χ3v) is 3.99. The van der Waals surface area contributed by atoms with Crippen molar-refractivity contribution in [3.8, 4) is 0 Å². The Balaban J connectivity index is 1.67. The first-order valence-electron chi connectivity index (χ1n) is 6.89. The molecule has 0 unspecified atom stereocenters. The minimum absolute atomic E-state index is 0.150. The summed E-state index contributed by atoms with van der Waals surface area (Å²) in [4.78, 5) is 8.91. The van der Waals surface area contributed by atoms with E-state index in [0.717, 1.165) is 49.9 Å². The van der Waals surface area contributed by atoms with Crippen molar-refractivity contribution in [1.82, 2.24) is 9.97 Å². The maximum absolute atomic E-state index is 9.39. The number of nitrogens with zero attached hydrogens (tertiary/aromatic N) is 2. The van der Waals surface area contributed by atoms with Gasteiger partial charge in [-0.1, -0.05) is 6.92 Å². The Bertz CT molecular complexity index is 468. The predicted molar refractivity (Wildman–Crippen MR) is 72.2 cm³/mol. The maximum atomic E-state index is 9.39. The average molecular weight is 263 g/mol. The first-order valence-corrected chi connectivity index (χ1v) is 6.89. The van der Waals surface area contributed by atoms with Crippen molar-refractivity contribution < 1.29 is 9.84 Å². The van der Waals surface area contributed by atoms with Crippen LogP contribution in [0.2, 0.25) is 0 Å². The third kappa shape index (κ3) is 2.72. The van der Waals surface area contributed by atoms with E-state index in [2.05, 4.69) is 22.2 Å². The van der Waals surface area contributed by atoms with Crippen molar-refractivity contribution in [2.45, 2.75) is 38.7 Å². The number of rotatable bonds is 4. The van der Waals surface area contributed by atoms with Gasteiger partial charge in [-0.25, -0.2) is 9.97 Å². The number of aliphatic hydroxyl groups is 1. The van der Waals surface area contributed by atoms with Gasteiger partial charge in [-0.15, -0.1) is 0 Å². The molecule has 0 radical (unpaired) electrons. The van der Waals surface area contributed by atoms with Crippen molar-refractivity contribution in [2.24, 2.45) is 5.41 Å². The van der Waals surface area contributed by atoms with E-state index in [0.29, 0.717) is 5.92 Å². The molecule has 1 aromatic heterocycles. The molecule has 1 saturated carbocycles. The molecule has 5 nitrogen and oxygen atoms in total. The van der Waals surface area contributed by atoms with Crippen LogP contribution in [-0.2, 0) is 4.74 Å². The maximum Gasteiger partial charge on any atom is 0.129 e. The molecule has 2 aliphatic rings. The Labute approximate surface area is 113 Å². The minimum Gasteiger partial charge on any atom is -0.393 e. The van der Waals surface area contributed by atoms with Gasteiger partial charge in [0.15, 0.2) is 0 Å². The fourth-order valence-electron chi connectivity index (χ4n) is 2.58. The Kier molecular flexibility index (Phi) is 3.19. The van der Waals surface area contributed by atoms with Gasteiger partial charge in [0.1, 0.15) is 11.6 Å². The van der Waals surface area contributed by atoms with Crippen molar-refractivity contribution in [3.05, 3.63) is 17.6 Å². The Morgan fingerprint density at radius 1 is 1.42 bits per heavy atom. The quantitative estimate of drug-likeness (QED) is 0.861. The summed E-state index contributed by atoms with van der Waals surface area (Å²) in [7, 11) is 0. The first kappa shape index (κ1) is 12.8. The van der Waals surface area contributed by atoms with Crippen LogP contribution in [0.3, 0.4) is 0 Å². The molecular formula is C14H21N3O2. The summed E-state index contributed by atoms with van der Waals surface area (Å²) in [5.74, 6) is 2.06. The topological polar surface area (TPSA) is 67.3 Å². The molecular weight excluding hydrogens is 242 g/mol. The van der Waals surface area contributed by atoms with Gasteiger partial charge in [0.2, 0.25) is 0 Å². The molecule has 0 amide bonds. The fraction of sp³-hybridized carbons (Fsp3) is 0.714. The standard InChI is InChI=1S/C14H21N3O2/c1-9-16-12(10-3-11(18)4-10)5-13(17-9)15-6-14(2)7-19-8-14/h5,10-11,18H,3-4,6-8H2,1-2H3,(H,15,16,17). The summed E-state index contributed by atoms with van der Waals surface area (Å²) in [6.45, 7) is 6.62. The van der Waals surface area contributed by atoms with Gasteiger partial charge in [-0.05, 0) is 19.8 Å². The van der Waals surface area contributed by atoms with Crippen LogP contribution in [0.5, 0.6) is 0 Å². The molecule has 5 heteroatoms. The average Bonchev–Trinajstić information content (AvgIpc) is 2.29. The van der Waals surface area contributed by atoms with Crippen LogP contribution in [0, 0.1) is 12.3 Å². The molecule has 0 aromatic carbocycles. The lowest BCUT2D eigenvalue weighted by molar-refractivity contribution is -0.0924. The van der Waals surface area contributed by atoms with Gasteiger partial charge in [-0.2, -0.15) is 0 Å². The summed E-state index contributed by atoms with van der Waals surface area (Å²) >= 11 is 0. The van der Waals surface area contributed by atoms with Gasteiger partial charge in [0.25, 0.3) is 0 Å². The molecule has 1 saturated heterocycles. The van der Waals surface area contributed by atoms with Gasteiger partial charge in [-0.3, -0.25) is 0 Å². The van der Waals surface area contributed by atoms with Gasteiger partial charge in [0.05, 0.1) is 19.3 Å². The molecule has 1 aliphatic carbocycles. The largest absolute Gasteiger partial charge is 0.393 e. The Morgan fingerprint density at radius 2 is 2.16 bits per heavy atom. The van der Waals surface area contributed by atoms with Crippen LogP contribution in [0.4, 0.5) is 5.82 Å². The summed E-state index contributed by atoms with van der Waals surface area (Å²) < 4.78 is 5.25. The van der Waals surface area contributed by atoms with Gasteiger partial charge < -0.3 is 15.2 Å². The molecule has 2 N–H and O–H groups in total. The van der Waals surface area contributed by atoms with Crippen LogP contribution in [0.25, 0.3) is 0 Å². The van der Waals surface area contributed by atoms with E-state index >= 15 is 0 Å². The lowest BCUT2D eigenvalue weighted by atomic mass is 9.80. The van der Waals surface area contributed by atoms with Crippen molar-refractivity contribution in [3.63, 3.8) is 0 Å². The highest BCUT2D eigenvalue weighted by molar-refractivity contribution is 5.38. The van der Waals surface area contributed by atoms with E-state index in [9.17, 15) is 5.11 Å². The molecule has 2 fully saturated rings. The molecule has 1 aliphatic heterocycles. The highest BCUT2D eigenvalue weighted by Gasteiger charge is 2.33. The van der Waals surface area contributed by atoms with Crippen LogP contribution < -0.4 is 5.32 Å². The van der Waals surface area contributed by atoms with E-state index in [-0.39, 0.29) is 11.5 Å². The monoisotopic (exact) mass is 263 g/mol. The van der Waals surface area contributed by atoms with E-state index in [4.69, 9.17) is 4.74 Å².